The van der Waals surface area contributed by atoms with Crippen LogP contribution < -0.4 is 0 Å². The Morgan fingerprint density at radius 1 is 0.792 bits per heavy atom. The summed E-state index contributed by atoms with van der Waals surface area (Å²) < 4.78 is 0. The van der Waals surface area contributed by atoms with Crippen LogP contribution in [0, 0.1) is 0 Å². The predicted octanol–water partition coefficient (Wildman–Crippen LogP) is 6.08. The Hall–Kier alpha value is -1.65. The van der Waals surface area contributed by atoms with E-state index in [1.54, 1.807) is 0 Å². The van der Waals surface area contributed by atoms with Gasteiger partial charge in [-0.2, -0.15) is 0 Å². The molecule has 0 spiro atoms. The maximum Gasteiger partial charge on any atom is 0.345 e. The van der Waals surface area contributed by atoms with E-state index < -0.39 is 5.97 Å². The highest BCUT2D eigenvalue weighted by molar-refractivity contribution is 5.68. The highest BCUT2D eigenvalue weighted by atomic mass is 17.5. The number of hydrogen-bond acceptors (Lipinski definition) is 4. The minimum Gasteiger partial charge on any atom is -0.269 e. The van der Waals surface area contributed by atoms with Gasteiger partial charge < -0.3 is 0 Å². The number of carbonyl (C=O) groups excluding carboxylic acids is 1. The average molecular weight is 336 g/mol. The molecule has 4 heteroatoms. The lowest BCUT2D eigenvalue weighted by Gasteiger charge is -1.95. The quantitative estimate of drug-likeness (QED) is 0.129. The summed E-state index contributed by atoms with van der Waals surface area (Å²) in [4.78, 5) is 14.7. The van der Waals surface area contributed by atoms with Crippen molar-refractivity contribution in [3.8, 4) is 0 Å². The van der Waals surface area contributed by atoms with Crippen molar-refractivity contribution < 1.29 is 20.0 Å². The van der Waals surface area contributed by atoms with E-state index in [2.05, 4.69) is 35.1 Å². The topological polar surface area (TPSA) is 55.8 Å². The molecule has 1 N–H and O–H groups in total. The van der Waals surface area contributed by atoms with Gasteiger partial charge in [-0.05, 0) is 37.1 Å². The lowest BCUT2D eigenvalue weighted by molar-refractivity contribution is -0.462. The average Bonchev–Trinajstić information content (AvgIpc) is 2.58. The molecule has 0 saturated carbocycles. The fraction of sp³-hybridized carbons (Fsp3) is 0.550. The predicted molar refractivity (Wildman–Crippen MR) is 98.2 cm³/mol. The van der Waals surface area contributed by atoms with Crippen LogP contribution >= 0.6 is 0 Å². The van der Waals surface area contributed by atoms with Crippen molar-refractivity contribution in [2.75, 3.05) is 0 Å². The first-order chi connectivity index (χ1) is 11.8. The van der Waals surface area contributed by atoms with Crippen LogP contribution in [-0.2, 0) is 14.7 Å². The van der Waals surface area contributed by atoms with Gasteiger partial charge in [0.05, 0.1) is 6.42 Å². The molecule has 0 atom stereocenters. The molecule has 0 fully saturated rings. The zero-order chi connectivity index (χ0) is 17.7. The fourth-order valence-electron chi connectivity index (χ4n) is 2.06. The Labute approximate surface area is 146 Å². The van der Waals surface area contributed by atoms with Crippen LogP contribution in [0.1, 0.15) is 71.1 Å². The van der Waals surface area contributed by atoms with Crippen molar-refractivity contribution in [3.05, 3.63) is 48.6 Å². The molecule has 0 bridgehead atoms. The molecular weight excluding hydrogens is 304 g/mol. The van der Waals surface area contributed by atoms with Gasteiger partial charge in [-0.15, -0.1) is 0 Å². The van der Waals surface area contributed by atoms with E-state index in [9.17, 15) is 4.79 Å². The molecule has 0 aliphatic carbocycles. The molecule has 0 heterocycles. The maximum atomic E-state index is 10.8. The Kier molecular flexibility index (Phi) is 18.1. The first-order valence-electron chi connectivity index (χ1n) is 8.95. The highest BCUT2D eigenvalue weighted by Gasteiger charge is 2.00. The van der Waals surface area contributed by atoms with Crippen LogP contribution in [0.15, 0.2) is 48.6 Å². The van der Waals surface area contributed by atoms with Gasteiger partial charge in [0.1, 0.15) is 0 Å². The molecule has 24 heavy (non-hydrogen) atoms. The molecule has 0 aromatic heterocycles. The van der Waals surface area contributed by atoms with E-state index >= 15 is 0 Å². The van der Waals surface area contributed by atoms with Crippen molar-refractivity contribution in [3.63, 3.8) is 0 Å². The van der Waals surface area contributed by atoms with Crippen molar-refractivity contribution in [1.82, 2.24) is 0 Å². The highest BCUT2D eigenvalue weighted by Crippen LogP contribution is 2.06. The number of carbonyl (C=O) groups is 1. The molecule has 0 aliphatic heterocycles. The molecule has 0 amide bonds. The normalized spacial score (nSPS) is 12.2. The maximum absolute atomic E-state index is 10.8. The molecule has 4 nitrogen and oxygen atoms in total. The first-order valence-corrected chi connectivity index (χ1v) is 8.95. The zero-order valence-corrected chi connectivity index (χ0v) is 14.9. The van der Waals surface area contributed by atoms with Gasteiger partial charge in [0.15, 0.2) is 0 Å². The lowest BCUT2D eigenvalue weighted by Crippen LogP contribution is -2.01. The first kappa shape index (κ1) is 22.4. The van der Waals surface area contributed by atoms with Gasteiger partial charge in [0.25, 0.3) is 0 Å². The molecule has 0 rings (SSSR count). The van der Waals surface area contributed by atoms with E-state index in [4.69, 9.17) is 5.26 Å². The molecule has 0 unspecified atom stereocenters. The van der Waals surface area contributed by atoms with E-state index in [1.807, 2.05) is 30.4 Å². The van der Waals surface area contributed by atoms with Crippen LogP contribution in [-0.4, -0.2) is 11.2 Å². The second-order valence-electron chi connectivity index (χ2n) is 5.56. The van der Waals surface area contributed by atoms with E-state index in [0.717, 1.165) is 12.8 Å². The Morgan fingerprint density at radius 2 is 1.42 bits per heavy atom. The van der Waals surface area contributed by atoms with Gasteiger partial charge in [-0.25, -0.2) is 10.1 Å². The number of rotatable bonds is 15. The van der Waals surface area contributed by atoms with E-state index in [1.165, 1.54) is 38.5 Å². The standard InChI is InChI=1S/C20H32O4/c1-2-3-4-5-6-7-8-9-10-11-12-13-14-15-16-17-18-19-20(21)23-24-22/h8-9,12-17,22H,2-7,10-11,18-19H2,1H3/b9-8+,13-12+,15-14+,17-16+. The summed E-state index contributed by atoms with van der Waals surface area (Å²) in [5.41, 5.74) is 0. The van der Waals surface area contributed by atoms with Gasteiger partial charge in [-0.1, -0.05) is 81.2 Å². The van der Waals surface area contributed by atoms with Crippen LogP contribution in [0.25, 0.3) is 0 Å². The molecule has 0 aromatic rings. The minimum atomic E-state index is -0.597. The van der Waals surface area contributed by atoms with Crippen molar-refractivity contribution in [2.24, 2.45) is 0 Å². The minimum absolute atomic E-state index is 0.172. The van der Waals surface area contributed by atoms with Gasteiger partial charge in [0.2, 0.25) is 0 Å². The van der Waals surface area contributed by atoms with Crippen molar-refractivity contribution in [2.45, 2.75) is 71.1 Å². The third-order valence-corrected chi connectivity index (χ3v) is 3.39. The summed E-state index contributed by atoms with van der Waals surface area (Å²) in [7, 11) is 0. The summed E-state index contributed by atoms with van der Waals surface area (Å²) in [5.74, 6) is -0.597. The Morgan fingerprint density at radius 3 is 2.12 bits per heavy atom. The third-order valence-electron chi connectivity index (χ3n) is 3.39. The zero-order valence-electron chi connectivity index (χ0n) is 14.9. The number of unbranched alkanes of at least 4 members (excludes halogenated alkanes) is 6. The van der Waals surface area contributed by atoms with E-state index in [0.29, 0.717) is 6.42 Å². The second kappa shape index (κ2) is 19.4. The monoisotopic (exact) mass is 336 g/mol. The summed E-state index contributed by atoms with van der Waals surface area (Å²) in [6, 6.07) is 0. The molecular formula is C20H32O4. The van der Waals surface area contributed by atoms with Gasteiger partial charge in [0, 0.05) is 0 Å². The van der Waals surface area contributed by atoms with Crippen LogP contribution in [0.3, 0.4) is 0 Å². The lowest BCUT2D eigenvalue weighted by atomic mass is 10.1. The van der Waals surface area contributed by atoms with Gasteiger partial charge in [-0.3, -0.25) is 4.89 Å². The van der Waals surface area contributed by atoms with Crippen molar-refractivity contribution in [1.29, 1.82) is 0 Å². The van der Waals surface area contributed by atoms with Crippen LogP contribution in [0.5, 0.6) is 0 Å². The number of allylic oxidation sites excluding steroid dienone is 8. The molecule has 0 aliphatic rings. The molecule has 136 valence electrons. The third kappa shape index (κ3) is 18.4. The van der Waals surface area contributed by atoms with Crippen molar-refractivity contribution >= 4 is 5.97 Å². The second-order valence-corrected chi connectivity index (χ2v) is 5.56. The van der Waals surface area contributed by atoms with E-state index in [-0.39, 0.29) is 6.42 Å². The smallest absolute Gasteiger partial charge is 0.269 e. The number of hydrogen-bond donors (Lipinski definition) is 1. The summed E-state index contributed by atoms with van der Waals surface area (Å²) in [6.07, 6.45) is 27.1. The SMILES string of the molecule is CCCCCCC/C=C/CC/C=C/C=C/C=C/CCC(=O)OOO. The summed E-state index contributed by atoms with van der Waals surface area (Å²) in [6.45, 7) is 2.24. The van der Waals surface area contributed by atoms with Crippen LogP contribution in [0.2, 0.25) is 0 Å². The molecule has 0 saturated heterocycles. The molecule has 0 aromatic carbocycles. The fourth-order valence-corrected chi connectivity index (χ4v) is 2.06. The summed E-state index contributed by atoms with van der Waals surface area (Å²) >= 11 is 0. The Bertz CT molecular complexity index is 394. The summed E-state index contributed by atoms with van der Waals surface area (Å²) in [5, 5.41) is 11.2. The largest absolute Gasteiger partial charge is 0.345 e. The Balaban J connectivity index is 3.46. The van der Waals surface area contributed by atoms with Crippen LogP contribution in [0.4, 0.5) is 0 Å². The van der Waals surface area contributed by atoms with Gasteiger partial charge >= 0.3 is 5.97 Å². The molecule has 0 radical (unpaired) electrons.